The van der Waals surface area contributed by atoms with Gasteiger partial charge in [-0.1, -0.05) is 17.4 Å². The highest BCUT2D eigenvalue weighted by Gasteiger charge is 2.20. The van der Waals surface area contributed by atoms with Gasteiger partial charge in [-0.3, -0.25) is 9.69 Å². The molecular weight excluding hydrogens is 443 g/mol. The highest BCUT2D eigenvalue weighted by Crippen LogP contribution is 2.32. The molecule has 170 valence electrons. The van der Waals surface area contributed by atoms with Crippen LogP contribution in [0.3, 0.4) is 0 Å². The first kappa shape index (κ1) is 23.0. The van der Waals surface area contributed by atoms with Gasteiger partial charge in [0.15, 0.2) is 5.13 Å². The zero-order valence-electron chi connectivity index (χ0n) is 18.6. The van der Waals surface area contributed by atoms with Crippen LogP contribution in [0, 0.1) is 19.7 Å². The molecule has 5 nitrogen and oxygen atoms in total. The highest BCUT2D eigenvalue weighted by atomic mass is 32.2. The maximum Gasteiger partial charge on any atom is 0.220 e. The minimum Gasteiger partial charge on any atom is -0.355 e. The number of carbonyl (C=O) groups excluding carboxylic acids is 1. The molecule has 32 heavy (non-hydrogen) atoms. The van der Waals surface area contributed by atoms with E-state index in [0.717, 1.165) is 48.3 Å². The Morgan fingerprint density at radius 3 is 2.62 bits per heavy atom. The molecule has 0 aliphatic carbocycles. The lowest BCUT2D eigenvalue weighted by Gasteiger charge is -2.34. The van der Waals surface area contributed by atoms with Crippen molar-refractivity contribution in [1.29, 1.82) is 0 Å². The van der Waals surface area contributed by atoms with Gasteiger partial charge >= 0.3 is 0 Å². The number of benzene rings is 2. The number of fused-ring (bicyclic) bond motifs is 1. The van der Waals surface area contributed by atoms with Crippen molar-refractivity contribution in [3.05, 3.63) is 53.3 Å². The average Bonchev–Trinajstić information content (AvgIpc) is 3.23. The van der Waals surface area contributed by atoms with Crippen molar-refractivity contribution < 1.29 is 9.18 Å². The fourth-order valence-corrected chi connectivity index (χ4v) is 5.68. The van der Waals surface area contributed by atoms with Crippen LogP contribution in [0.4, 0.5) is 9.52 Å². The monoisotopic (exact) mass is 472 g/mol. The number of thioether (sulfide) groups is 1. The predicted molar refractivity (Wildman–Crippen MR) is 132 cm³/mol. The molecule has 1 N–H and O–H groups in total. The Hall–Kier alpha value is -2.16. The summed E-state index contributed by atoms with van der Waals surface area (Å²) >= 11 is 3.35. The van der Waals surface area contributed by atoms with Gasteiger partial charge in [0.2, 0.25) is 5.91 Å². The number of aromatic nitrogens is 1. The third kappa shape index (κ3) is 5.79. The Bertz CT molecular complexity index is 1060. The first-order chi connectivity index (χ1) is 15.5. The summed E-state index contributed by atoms with van der Waals surface area (Å²) in [6.45, 7) is 9.68. The molecule has 0 saturated carbocycles. The number of nitrogens with one attached hydrogen (secondary N) is 1. The van der Waals surface area contributed by atoms with Gasteiger partial charge < -0.3 is 10.2 Å². The third-order valence-electron chi connectivity index (χ3n) is 5.88. The number of rotatable bonds is 8. The van der Waals surface area contributed by atoms with Crippen LogP contribution >= 0.6 is 23.1 Å². The summed E-state index contributed by atoms with van der Waals surface area (Å²) in [5, 5.41) is 4.13. The van der Waals surface area contributed by atoms with E-state index in [1.807, 2.05) is 0 Å². The zero-order valence-corrected chi connectivity index (χ0v) is 20.2. The molecule has 0 atom stereocenters. The van der Waals surface area contributed by atoms with Crippen LogP contribution in [0.1, 0.15) is 17.5 Å². The van der Waals surface area contributed by atoms with Crippen molar-refractivity contribution >= 4 is 44.4 Å². The van der Waals surface area contributed by atoms with Crippen molar-refractivity contribution in [2.45, 2.75) is 25.2 Å². The molecule has 0 bridgehead atoms. The summed E-state index contributed by atoms with van der Waals surface area (Å²) < 4.78 is 14.2. The summed E-state index contributed by atoms with van der Waals surface area (Å²) in [5.74, 6) is 0.522. The number of nitrogens with zero attached hydrogens (tertiary/aromatic N) is 3. The first-order valence-electron chi connectivity index (χ1n) is 11.0. The van der Waals surface area contributed by atoms with E-state index in [0.29, 0.717) is 18.7 Å². The Balaban J connectivity index is 1.15. The maximum absolute atomic E-state index is 12.9. The van der Waals surface area contributed by atoms with E-state index in [1.165, 1.54) is 28.0 Å². The number of anilines is 1. The van der Waals surface area contributed by atoms with Crippen molar-refractivity contribution in [3.8, 4) is 0 Å². The standard InChI is InChI=1S/C24H29FN4OS2/c1-17-3-8-21-23(18(17)2)27-24(32-21)29-14-12-28(13-15-29)11-10-26-22(30)9-16-31-20-6-4-19(25)5-7-20/h3-8H,9-16H2,1-2H3,(H,26,30). The van der Waals surface area contributed by atoms with Gasteiger partial charge in [0.25, 0.3) is 0 Å². The topological polar surface area (TPSA) is 48.5 Å². The smallest absolute Gasteiger partial charge is 0.220 e. The lowest BCUT2D eigenvalue weighted by molar-refractivity contribution is -0.120. The molecule has 1 aliphatic heterocycles. The minimum atomic E-state index is -0.238. The van der Waals surface area contributed by atoms with Gasteiger partial charge in [0, 0.05) is 56.3 Å². The normalized spacial score (nSPS) is 14.8. The molecule has 2 aromatic carbocycles. The molecule has 1 fully saturated rings. The number of carbonyl (C=O) groups is 1. The van der Waals surface area contributed by atoms with E-state index >= 15 is 0 Å². The Morgan fingerprint density at radius 2 is 1.88 bits per heavy atom. The van der Waals surface area contributed by atoms with E-state index < -0.39 is 0 Å². The number of aryl methyl sites for hydroxylation is 2. The van der Waals surface area contributed by atoms with Gasteiger partial charge in [-0.15, -0.1) is 11.8 Å². The molecule has 3 aromatic rings. The Kier molecular flexibility index (Phi) is 7.65. The lowest BCUT2D eigenvalue weighted by Crippen LogP contribution is -2.48. The number of amides is 1. The molecule has 1 saturated heterocycles. The van der Waals surface area contributed by atoms with Gasteiger partial charge in [0.1, 0.15) is 5.82 Å². The summed E-state index contributed by atoms with van der Waals surface area (Å²) in [4.78, 5) is 22.7. The van der Waals surface area contributed by atoms with Gasteiger partial charge in [0.05, 0.1) is 10.2 Å². The van der Waals surface area contributed by atoms with E-state index in [1.54, 1.807) is 35.2 Å². The number of hydrogen-bond donors (Lipinski definition) is 1. The summed E-state index contributed by atoms with van der Waals surface area (Å²) in [6.07, 6.45) is 0.465. The molecule has 8 heteroatoms. The number of piperazine rings is 1. The SMILES string of the molecule is Cc1ccc2sc(N3CCN(CCNC(=O)CCSc4ccc(F)cc4)CC3)nc2c1C. The number of hydrogen-bond acceptors (Lipinski definition) is 6. The molecule has 4 rings (SSSR count). The molecular formula is C24H29FN4OS2. The maximum atomic E-state index is 12.9. The van der Waals surface area contributed by atoms with Crippen molar-refractivity contribution in [2.75, 3.05) is 49.9 Å². The molecule has 2 heterocycles. The highest BCUT2D eigenvalue weighted by molar-refractivity contribution is 7.99. The van der Waals surface area contributed by atoms with E-state index in [4.69, 9.17) is 4.98 Å². The van der Waals surface area contributed by atoms with Gasteiger partial charge in [-0.25, -0.2) is 9.37 Å². The lowest BCUT2D eigenvalue weighted by atomic mass is 10.1. The van der Waals surface area contributed by atoms with E-state index in [2.05, 4.69) is 41.1 Å². The van der Waals surface area contributed by atoms with Crippen LogP contribution < -0.4 is 10.2 Å². The van der Waals surface area contributed by atoms with Crippen LogP contribution in [0.5, 0.6) is 0 Å². The molecule has 1 amide bonds. The molecule has 0 spiro atoms. The zero-order chi connectivity index (χ0) is 22.5. The minimum absolute atomic E-state index is 0.0680. The summed E-state index contributed by atoms with van der Waals surface area (Å²) in [5.41, 5.74) is 3.69. The van der Waals surface area contributed by atoms with Crippen LogP contribution in [0.15, 0.2) is 41.3 Å². The first-order valence-corrected chi connectivity index (χ1v) is 12.8. The van der Waals surface area contributed by atoms with Crippen molar-refractivity contribution in [3.63, 3.8) is 0 Å². The molecule has 1 aromatic heterocycles. The third-order valence-corrected chi connectivity index (χ3v) is 7.97. The van der Waals surface area contributed by atoms with Crippen molar-refractivity contribution in [2.24, 2.45) is 0 Å². The number of halogens is 1. The van der Waals surface area contributed by atoms with Crippen molar-refractivity contribution in [1.82, 2.24) is 15.2 Å². The second-order valence-corrected chi connectivity index (χ2v) is 10.3. The van der Waals surface area contributed by atoms with Crippen LogP contribution in [-0.4, -0.2) is 60.8 Å². The quantitative estimate of drug-likeness (QED) is 0.490. The van der Waals surface area contributed by atoms with Crippen LogP contribution in [0.25, 0.3) is 10.2 Å². The largest absolute Gasteiger partial charge is 0.355 e. The van der Waals surface area contributed by atoms with Gasteiger partial charge in [-0.2, -0.15) is 0 Å². The summed E-state index contributed by atoms with van der Waals surface area (Å²) in [7, 11) is 0. The average molecular weight is 473 g/mol. The Labute approximate surface area is 197 Å². The van der Waals surface area contributed by atoms with Crippen LogP contribution in [0.2, 0.25) is 0 Å². The second kappa shape index (κ2) is 10.6. The molecule has 1 aliphatic rings. The van der Waals surface area contributed by atoms with E-state index in [-0.39, 0.29) is 11.7 Å². The van der Waals surface area contributed by atoms with E-state index in [9.17, 15) is 9.18 Å². The second-order valence-electron chi connectivity index (χ2n) is 8.08. The summed E-state index contributed by atoms with van der Waals surface area (Å²) in [6, 6.07) is 10.7. The predicted octanol–water partition coefficient (Wildman–Crippen LogP) is 4.47. The fraction of sp³-hybridized carbons (Fsp3) is 0.417. The molecule has 0 radical (unpaired) electrons. The molecule has 0 unspecified atom stereocenters. The fourth-order valence-electron chi connectivity index (χ4n) is 3.75. The van der Waals surface area contributed by atoms with Gasteiger partial charge in [-0.05, 0) is 55.3 Å². The number of thiazole rings is 1. The van der Waals surface area contributed by atoms with Crippen LogP contribution in [-0.2, 0) is 4.79 Å². The Morgan fingerprint density at radius 1 is 1.12 bits per heavy atom.